The quantitative estimate of drug-likeness (QED) is 0.294. The first kappa shape index (κ1) is 21.2. The molecule has 0 heterocycles. The van der Waals surface area contributed by atoms with Crippen molar-refractivity contribution >= 4 is 35.0 Å². The summed E-state index contributed by atoms with van der Waals surface area (Å²) in [4.78, 5) is 35.6. The van der Waals surface area contributed by atoms with Gasteiger partial charge in [0.2, 0.25) is 0 Å². The fraction of sp³-hybridized carbons (Fsp3) is 0.263. The van der Waals surface area contributed by atoms with Crippen LogP contribution in [0.15, 0.2) is 53.4 Å². The highest BCUT2D eigenvalue weighted by atomic mass is 32.2. The summed E-state index contributed by atoms with van der Waals surface area (Å²) in [5, 5.41) is 13.4. The van der Waals surface area contributed by atoms with Gasteiger partial charge < -0.3 is 14.8 Å². The summed E-state index contributed by atoms with van der Waals surface area (Å²) < 4.78 is 10.2. The maximum atomic E-state index is 12.3. The molecule has 0 bridgehead atoms. The van der Waals surface area contributed by atoms with E-state index in [1.165, 1.54) is 44.0 Å². The lowest BCUT2D eigenvalue weighted by atomic mass is 10.2. The number of nitro groups is 1. The SMILES string of the molecule is COc1ccc([N+](=O)[O-])cc1NC(=O)[C@@H](C)OC(=O)CCSc1ccccc1. The Kier molecular flexibility index (Phi) is 7.82. The number of rotatable bonds is 9. The van der Waals surface area contributed by atoms with E-state index in [0.29, 0.717) is 5.75 Å². The third kappa shape index (κ3) is 6.27. The second-order valence-corrected chi connectivity index (χ2v) is 6.84. The number of nitrogens with one attached hydrogen (secondary N) is 1. The van der Waals surface area contributed by atoms with Crippen molar-refractivity contribution < 1.29 is 24.0 Å². The first-order valence-corrected chi connectivity index (χ1v) is 9.40. The average molecular weight is 404 g/mol. The number of ether oxygens (including phenoxy) is 2. The summed E-state index contributed by atoms with van der Waals surface area (Å²) in [6, 6.07) is 13.5. The zero-order valence-electron chi connectivity index (χ0n) is 15.4. The maximum absolute atomic E-state index is 12.3. The largest absolute Gasteiger partial charge is 0.495 e. The van der Waals surface area contributed by atoms with E-state index in [1.807, 2.05) is 30.3 Å². The van der Waals surface area contributed by atoms with Crippen LogP contribution in [0.4, 0.5) is 11.4 Å². The number of methoxy groups -OCH3 is 1. The monoisotopic (exact) mass is 404 g/mol. The molecule has 28 heavy (non-hydrogen) atoms. The van der Waals surface area contributed by atoms with Crippen LogP contribution in [0.1, 0.15) is 13.3 Å². The maximum Gasteiger partial charge on any atom is 0.307 e. The molecule has 0 unspecified atom stereocenters. The van der Waals surface area contributed by atoms with Crippen LogP contribution < -0.4 is 10.1 Å². The summed E-state index contributed by atoms with van der Waals surface area (Å²) >= 11 is 1.51. The van der Waals surface area contributed by atoms with E-state index < -0.39 is 22.9 Å². The van der Waals surface area contributed by atoms with E-state index in [4.69, 9.17) is 9.47 Å². The standard InChI is InChI=1S/C19H20N2O6S/c1-13(27-18(22)10-11-28-15-6-4-3-5-7-15)19(23)20-16-12-14(21(24)25)8-9-17(16)26-2/h3-9,12-13H,10-11H2,1-2H3,(H,20,23)/t13-/m1/s1. The Morgan fingerprint density at radius 3 is 2.57 bits per heavy atom. The Morgan fingerprint density at radius 2 is 1.93 bits per heavy atom. The minimum Gasteiger partial charge on any atom is -0.495 e. The number of nitro benzene ring substituents is 1. The molecule has 1 atom stereocenters. The van der Waals surface area contributed by atoms with Crippen molar-refractivity contribution in [1.29, 1.82) is 0 Å². The van der Waals surface area contributed by atoms with E-state index in [9.17, 15) is 19.7 Å². The molecule has 2 rings (SSSR count). The van der Waals surface area contributed by atoms with Crippen molar-refractivity contribution in [1.82, 2.24) is 0 Å². The fourth-order valence-corrected chi connectivity index (χ4v) is 3.07. The Hall–Kier alpha value is -3.07. The third-order valence-electron chi connectivity index (χ3n) is 3.65. The van der Waals surface area contributed by atoms with Gasteiger partial charge in [0.1, 0.15) is 5.75 Å². The number of carbonyl (C=O) groups excluding carboxylic acids is 2. The summed E-state index contributed by atoms with van der Waals surface area (Å²) in [5.41, 5.74) is -0.0667. The van der Waals surface area contributed by atoms with Crippen LogP contribution in [0.5, 0.6) is 5.75 Å². The van der Waals surface area contributed by atoms with E-state index in [1.54, 1.807) is 0 Å². The molecule has 8 nitrogen and oxygen atoms in total. The van der Waals surface area contributed by atoms with Gasteiger partial charge in [-0.1, -0.05) is 18.2 Å². The molecule has 9 heteroatoms. The number of nitrogens with zero attached hydrogens (tertiary/aromatic N) is 1. The smallest absolute Gasteiger partial charge is 0.307 e. The second kappa shape index (κ2) is 10.3. The van der Waals surface area contributed by atoms with Crippen molar-refractivity contribution in [2.24, 2.45) is 0 Å². The number of esters is 1. The van der Waals surface area contributed by atoms with Crippen molar-refractivity contribution in [3.05, 3.63) is 58.6 Å². The number of hydrogen-bond acceptors (Lipinski definition) is 7. The lowest BCUT2D eigenvalue weighted by Crippen LogP contribution is -2.30. The zero-order chi connectivity index (χ0) is 20.5. The van der Waals surface area contributed by atoms with E-state index >= 15 is 0 Å². The first-order valence-electron chi connectivity index (χ1n) is 8.41. The summed E-state index contributed by atoms with van der Waals surface area (Å²) in [7, 11) is 1.38. The number of hydrogen-bond donors (Lipinski definition) is 1. The molecular formula is C19H20N2O6S. The first-order chi connectivity index (χ1) is 13.4. The van der Waals surface area contributed by atoms with Crippen LogP contribution in [0, 0.1) is 10.1 Å². The lowest BCUT2D eigenvalue weighted by Gasteiger charge is -2.15. The highest BCUT2D eigenvalue weighted by molar-refractivity contribution is 7.99. The number of non-ortho nitro benzene ring substituents is 1. The molecule has 0 fully saturated rings. The van der Waals surface area contributed by atoms with Crippen LogP contribution in [0.3, 0.4) is 0 Å². The normalized spacial score (nSPS) is 11.4. The highest BCUT2D eigenvalue weighted by Crippen LogP contribution is 2.29. The van der Waals surface area contributed by atoms with Crippen molar-refractivity contribution in [2.45, 2.75) is 24.3 Å². The van der Waals surface area contributed by atoms with Crippen LogP contribution in [-0.4, -0.2) is 35.8 Å². The molecule has 0 saturated heterocycles. The molecule has 0 aromatic heterocycles. The zero-order valence-corrected chi connectivity index (χ0v) is 16.2. The van der Waals surface area contributed by atoms with E-state index in [2.05, 4.69) is 5.32 Å². The van der Waals surface area contributed by atoms with Crippen molar-refractivity contribution in [3.63, 3.8) is 0 Å². The van der Waals surface area contributed by atoms with Crippen LogP contribution in [-0.2, 0) is 14.3 Å². The number of carbonyl (C=O) groups is 2. The fourth-order valence-electron chi connectivity index (χ4n) is 2.22. The molecule has 1 amide bonds. The molecule has 1 N–H and O–H groups in total. The van der Waals surface area contributed by atoms with Gasteiger partial charge in [-0.25, -0.2) is 0 Å². The van der Waals surface area contributed by atoms with Crippen molar-refractivity contribution in [2.75, 3.05) is 18.2 Å². The van der Waals surface area contributed by atoms with Crippen molar-refractivity contribution in [3.8, 4) is 5.75 Å². The Morgan fingerprint density at radius 1 is 1.21 bits per heavy atom. The van der Waals surface area contributed by atoms with Gasteiger partial charge in [-0.3, -0.25) is 19.7 Å². The second-order valence-electron chi connectivity index (χ2n) is 5.67. The summed E-state index contributed by atoms with van der Waals surface area (Å²) in [6.07, 6.45) is -0.907. The van der Waals surface area contributed by atoms with Gasteiger partial charge in [0.15, 0.2) is 6.10 Å². The Bertz CT molecular complexity index is 844. The van der Waals surface area contributed by atoms with Gasteiger partial charge in [-0.2, -0.15) is 0 Å². The average Bonchev–Trinajstić information content (AvgIpc) is 2.68. The summed E-state index contributed by atoms with van der Waals surface area (Å²) in [5.74, 6) is -0.327. The molecule has 0 aliphatic rings. The number of thioether (sulfide) groups is 1. The number of anilines is 1. The summed E-state index contributed by atoms with van der Waals surface area (Å²) in [6.45, 7) is 1.43. The predicted octanol–water partition coefficient (Wildman–Crippen LogP) is 3.66. The van der Waals surface area contributed by atoms with E-state index in [-0.39, 0.29) is 23.5 Å². The van der Waals surface area contributed by atoms with Gasteiger partial charge >= 0.3 is 5.97 Å². The molecule has 0 spiro atoms. The number of amides is 1. The van der Waals surface area contributed by atoms with Gasteiger partial charge in [0.25, 0.3) is 11.6 Å². The van der Waals surface area contributed by atoms with Gasteiger partial charge in [-0.15, -0.1) is 11.8 Å². The molecule has 0 radical (unpaired) electrons. The predicted molar refractivity (Wildman–Crippen MR) is 106 cm³/mol. The molecule has 0 aliphatic carbocycles. The minimum atomic E-state index is -1.06. The Balaban J connectivity index is 1.87. The minimum absolute atomic E-state index is 0.129. The number of benzene rings is 2. The van der Waals surface area contributed by atoms with Crippen LogP contribution >= 0.6 is 11.8 Å². The molecule has 0 aliphatic heterocycles. The van der Waals surface area contributed by atoms with E-state index in [0.717, 1.165) is 4.90 Å². The van der Waals surface area contributed by atoms with Crippen LogP contribution in [0.2, 0.25) is 0 Å². The van der Waals surface area contributed by atoms with Gasteiger partial charge in [0.05, 0.1) is 24.1 Å². The molecule has 2 aromatic rings. The Labute approximate surface area is 166 Å². The molecule has 2 aromatic carbocycles. The third-order valence-corrected chi connectivity index (χ3v) is 4.66. The van der Waals surface area contributed by atoms with Crippen LogP contribution in [0.25, 0.3) is 0 Å². The topological polar surface area (TPSA) is 108 Å². The molecule has 148 valence electrons. The van der Waals surface area contributed by atoms with Gasteiger partial charge in [0, 0.05) is 22.8 Å². The lowest BCUT2D eigenvalue weighted by molar-refractivity contribution is -0.384. The molecular weight excluding hydrogens is 384 g/mol. The van der Waals surface area contributed by atoms with Gasteiger partial charge in [-0.05, 0) is 25.1 Å². The highest BCUT2D eigenvalue weighted by Gasteiger charge is 2.20. The molecule has 0 saturated carbocycles.